The standard InChI is InChI=1S/C23H28FN3O/c1-3-27(4-2)13-14-28-18-8-5-16(6-9-18)22-23-19(11-12-25-22)20-15-17(24)7-10-21(20)26-23/h5-10,15,22,25-26H,3-4,11-14H2,1-2H3. The lowest BCUT2D eigenvalue weighted by atomic mass is 9.94. The molecule has 0 radical (unpaired) electrons. The van der Waals surface area contributed by atoms with E-state index in [1.165, 1.54) is 17.2 Å². The first-order valence-electron chi connectivity index (χ1n) is 10.2. The summed E-state index contributed by atoms with van der Waals surface area (Å²) in [4.78, 5) is 5.85. The van der Waals surface area contributed by atoms with Gasteiger partial charge in [-0.15, -0.1) is 0 Å². The van der Waals surface area contributed by atoms with E-state index in [1.54, 1.807) is 6.07 Å². The van der Waals surface area contributed by atoms with Crippen LogP contribution in [0.25, 0.3) is 10.9 Å². The molecule has 3 aromatic rings. The fourth-order valence-corrected chi connectivity index (χ4v) is 4.07. The fourth-order valence-electron chi connectivity index (χ4n) is 4.07. The predicted octanol–water partition coefficient (Wildman–Crippen LogP) is 4.26. The van der Waals surface area contributed by atoms with Gasteiger partial charge in [0, 0.05) is 29.7 Å². The van der Waals surface area contributed by atoms with Crippen molar-refractivity contribution in [3.63, 3.8) is 0 Å². The van der Waals surface area contributed by atoms with Crippen LogP contribution >= 0.6 is 0 Å². The number of halogens is 1. The number of aromatic amines is 1. The van der Waals surface area contributed by atoms with Gasteiger partial charge in [0.15, 0.2) is 0 Å². The predicted molar refractivity (Wildman–Crippen MR) is 112 cm³/mol. The molecular formula is C23H28FN3O. The van der Waals surface area contributed by atoms with Crippen LogP contribution in [0.3, 0.4) is 0 Å². The molecule has 2 aromatic carbocycles. The zero-order chi connectivity index (χ0) is 19.5. The van der Waals surface area contributed by atoms with E-state index in [4.69, 9.17) is 4.74 Å². The smallest absolute Gasteiger partial charge is 0.123 e. The van der Waals surface area contributed by atoms with Gasteiger partial charge in [0.1, 0.15) is 18.2 Å². The first-order chi connectivity index (χ1) is 13.7. The van der Waals surface area contributed by atoms with Crippen LogP contribution in [-0.2, 0) is 6.42 Å². The highest BCUT2D eigenvalue weighted by molar-refractivity contribution is 5.85. The van der Waals surface area contributed by atoms with Crippen molar-refractivity contribution in [1.29, 1.82) is 0 Å². The number of hydrogen-bond acceptors (Lipinski definition) is 3. The van der Waals surface area contributed by atoms with Gasteiger partial charge in [-0.05, 0) is 61.0 Å². The summed E-state index contributed by atoms with van der Waals surface area (Å²) in [5, 5.41) is 4.59. The average molecular weight is 381 g/mol. The van der Waals surface area contributed by atoms with Crippen molar-refractivity contribution in [2.75, 3.05) is 32.8 Å². The number of H-pyrrole nitrogens is 1. The van der Waals surface area contributed by atoms with Crippen molar-refractivity contribution in [2.45, 2.75) is 26.3 Å². The zero-order valence-electron chi connectivity index (χ0n) is 16.6. The third-order valence-electron chi connectivity index (χ3n) is 5.70. The van der Waals surface area contributed by atoms with Crippen molar-refractivity contribution < 1.29 is 9.13 Å². The van der Waals surface area contributed by atoms with E-state index in [1.807, 2.05) is 18.2 Å². The second-order valence-electron chi connectivity index (χ2n) is 7.29. The second-order valence-corrected chi connectivity index (χ2v) is 7.29. The van der Waals surface area contributed by atoms with Gasteiger partial charge in [0.25, 0.3) is 0 Å². The van der Waals surface area contributed by atoms with Crippen molar-refractivity contribution in [3.05, 3.63) is 65.1 Å². The molecule has 2 heterocycles. The number of hydrogen-bond donors (Lipinski definition) is 2. The number of aromatic nitrogens is 1. The molecule has 1 aromatic heterocycles. The molecule has 0 spiro atoms. The Morgan fingerprint density at radius 2 is 1.89 bits per heavy atom. The lowest BCUT2D eigenvalue weighted by Gasteiger charge is -2.25. The normalized spacial score (nSPS) is 16.5. The van der Waals surface area contributed by atoms with Crippen LogP contribution in [-0.4, -0.2) is 42.7 Å². The molecule has 5 heteroatoms. The summed E-state index contributed by atoms with van der Waals surface area (Å²) in [6, 6.07) is 13.4. The lowest BCUT2D eigenvalue weighted by molar-refractivity contribution is 0.223. The largest absolute Gasteiger partial charge is 0.492 e. The van der Waals surface area contributed by atoms with Crippen LogP contribution in [0.15, 0.2) is 42.5 Å². The van der Waals surface area contributed by atoms with Gasteiger partial charge in [-0.25, -0.2) is 4.39 Å². The minimum Gasteiger partial charge on any atom is -0.492 e. The average Bonchev–Trinajstić information content (AvgIpc) is 3.10. The molecule has 0 saturated heterocycles. The van der Waals surface area contributed by atoms with Crippen LogP contribution in [0.5, 0.6) is 5.75 Å². The van der Waals surface area contributed by atoms with E-state index >= 15 is 0 Å². The molecule has 0 saturated carbocycles. The Kier molecular flexibility index (Phi) is 5.64. The summed E-state index contributed by atoms with van der Waals surface area (Å²) in [5.74, 6) is 0.709. The Bertz CT molecular complexity index is 931. The second kappa shape index (κ2) is 8.33. The lowest BCUT2D eigenvalue weighted by Crippen LogP contribution is -2.30. The molecule has 28 heavy (non-hydrogen) atoms. The molecule has 2 N–H and O–H groups in total. The number of benzene rings is 2. The molecule has 0 amide bonds. The van der Waals surface area contributed by atoms with E-state index < -0.39 is 0 Å². The van der Waals surface area contributed by atoms with Gasteiger partial charge in [-0.2, -0.15) is 0 Å². The molecule has 1 aliphatic heterocycles. The summed E-state index contributed by atoms with van der Waals surface area (Å²) in [7, 11) is 0. The fraction of sp³-hybridized carbons (Fsp3) is 0.391. The number of likely N-dealkylation sites (N-methyl/N-ethyl adjacent to an activating group) is 1. The first-order valence-corrected chi connectivity index (χ1v) is 10.2. The monoisotopic (exact) mass is 381 g/mol. The summed E-state index contributed by atoms with van der Waals surface area (Å²) in [6.07, 6.45) is 0.905. The summed E-state index contributed by atoms with van der Waals surface area (Å²) < 4.78 is 19.6. The molecular weight excluding hydrogens is 353 g/mol. The minimum atomic E-state index is -0.185. The number of nitrogens with one attached hydrogen (secondary N) is 2. The maximum absolute atomic E-state index is 13.7. The Morgan fingerprint density at radius 1 is 1.11 bits per heavy atom. The Hall–Kier alpha value is -2.37. The summed E-state index contributed by atoms with van der Waals surface area (Å²) >= 11 is 0. The van der Waals surface area contributed by atoms with E-state index in [9.17, 15) is 4.39 Å². The highest BCUT2D eigenvalue weighted by Gasteiger charge is 2.25. The van der Waals surface area contributed by atoms with Crippen LogP contribution in [0.1, 0.15) is 36.7 Å². The molecule has 0 bridgehead atoms. The maximum Gasteiger partial charge on any atom is 0.123 e. The van der Waals surface area contributed by atoms with Gasteiger partial charge in [-0.1, -0.05) is 26.0 Å². The third kappa shape index (κ3) is 3.77. The van der Waals surface area contributed by atoms with Gasteiger partial charge in [0.05, 0.1) is 6.04 Å². The van der Waals surface area contributed by atoms with E-state index in [2.05, 4.69) is 41.2 Å². The molecule has 0 fully saturated rings. The quantitative estimate of drug-likeness (QED) is 0.642. The Labute approximate surface area is 165 Å². The van der Waals surface area contributed by atoms with Crippen molar-refractivity contribution in [3.8, 4) is 5.75 Å². The SMILES string of the molecule is CCN(CC)CCOc1ccc(C2NCCc3c2[nH]c2ccc(F)cc32)cc1. The number of ether oxygens (including phenoxy) is 1. The molecule has 1 unspecified atom stereocenters. The number of nitrogens with zero attached hydrogens (tertiary/aromatic N) is 1. The highest BCUT2D eigenvalue weighted by Crippen LogP contribution is 2.34. The topological polar surface area (TPSA) is 40.3 Å². The van der Waals surface area contributed by atoms with Crippen LogP contribution < -0.4 is 10.1 Å². The van der Waals surface area contributed by atoms with E-state index in [0.717, 1.165) is 54.9 Å². The maximum atomic E-state index is 13.7. The van der Waals surface area contributed by atoms with E-state index in [0.29, 0.717) is 6.61 Å². The number of fused-ring (bicyclic) bond motifs is 3. The molecule has 0 aliphatic carbocycles. The van der Waals surface area contributed by atoms with Gasteiger partial charge >= 0.3 is 0 Å². The third-order valence-corrected chi connectivity index (χ3v) is 5.70. The Balaban J connectivity index is 1.50. The highest BCUT2D eigenvalue weighted by atomic mass is 19.1. The van der Waals surface area contributed by atoms with Crippen LogP contribution in [0.4, 0.5) is 4.39 Å². The van der Waals surface area contributed by atoms with E-state index in [-0.39, 0.29) is 11.9 Å². The molecule has 4 rings (SSSR count). The molecule has 148 valence electrons. The Morgan fingerprint density at radius 3 is 2.64 bits per heavy atom. The van der Waals surface area contributed by atoms with Gasteiger partial charge < -0.3 is 19.9 Å². The molecule has 4 nitrogen and oxygen atoms in total. The number of rotatable bonds is 7. The minimum absolute atomic E-state index is 0.0870. The van der Waals surface area contributed by atoms with Crippen LogP contribution in [0, 0.1) is 5.82 Å². The summed E-state index contributed by atoms with van der Waals surface area (Å²) in [6.45, 7) is 8.94. The molecule has 1 atom stereocenters. The zero-order valence-corrected chi connectivity index (χ0v) is 16.6. The van der Waals surface area contributed by atoms with Crippen LogP contribution in [0.2, 0.25) is 0 Å². The van der Waals surface area contributed by atoms with Gasteiger partial charge in [-0.3, -0.25) is 0 Å². The first kappa shape index (κ1) is 19.0. The summed E-state index contributed by atoms with van der Waals surface area (Å²) in [5.41, 5.74) is 4.54. The van der Waals surface area contributed by atoms with Crippen molar-refractivity contribution in [2.24, 2.45) is 0 Å². The van der Waals surface area contributed by atoms with Crippen molar-refractivity contribution in [1.82, 2.24) is 15.2 Å². The van der Waals surface area contributed by atoms with Gasteiger partial charge in [0.2, 0.25) is 0 Å². The molecule has 1 aliphatic rings. The van der Waals surface area contributed by atoms with Crippen molar-refractivity contribution >= 4 is 10.9 Å².